The van der Waals surface area contributed by atoms with Crippen molar-refractivity contribution in [2.75, 3.05) is 4.90 Å². The lowest BCUT2D eigenvalue weighted by Crippen LogP contribution is -2.31. The van der Waals surface area contributed by atoms with Crippen molar-refractivity contribution in [3.8, 4) is 0 Å². The van der Waals surface area contributed by atoms with E-state index < -0.39 is 0 Å². The molecule has 0 radical (unpaired) electrons. The molecule has 2 amide bonds. The Morgan fingerprint density at radius 1 is 1.13 bits per heavy atom. The molecule has 2 atom stereocenters. The molecule has 0 aliphatic carbocycles. The fraction of sp³-hybridized carbons (Fsp3) is 0.278. The number of carbonyl (C=O) groups excluding carboxylic acids is 2. The normalized spacial score (nSPS) is 21.1. The van der Waals surface area contributed by atoms with Crippen LogP contribution in [0.1, 0.15) is 18.1 Å². The molecule has 2 heterocycles. The minimum absolute atomic E-state index is 0.210. The molecule has 1 aliphatic rings. The van der Waals surface area contributed by atoms with Gasteiger partial charge in [-0.2, -0.15) is 0 Å². The molecule has 1 saturated heterocycles. The van der Waals surface area contributed by atoms with Gasteiger partial charge in [-0.05, 0) is 25.0 Å². The van der Waals surface area contributed by atoms with Crippen LogP contribution in [0.15, 0.2) is 42.6 Å². The van der Waals surface area contributed by atoms with E-state index in [9.17, 15) is 9.59 Å². The van der Waals surface area contributed by atoms with Crippen LogP contribution in [-0.2, 0) is 16.0 Å². The van der Waals surface area contributed by atoms with Gasteiger partial charge in [0.05, 0.1) is 5.92 Å². The van der Waals surface area contributed by atoms with E-state index in [2.05, 4.69) is 4.98 Å². The maximum atomic E-state index is 12.7. The minimum atomic E-state index is -0.371. The summed E-state index contributed by atoms with van der Waals surface area (Å²) in [7, 11) is 0. The van der Waals surface area contributed by atoms with Gasteiger partial charge < -0.3 is 0 Å². The lowest BCUT2D eigenvalue weighted by Gasteiger charge is -2.14. The van der Waals surface area contributed by atoms with Crippen LogP contribution in [0.4, 0.5) is 5.82 Å². The lowest BCUT2D eigenvalue weighted by molar-refractivity contribution is -0.122. The third kappa shape index (κ3) is 2.99. The highest BCUT2D eigenvalue weighted by Gasteiger charge is 2.46. The molecule has 1 aliphatic heterocycles. The van der Waals surface area contributed by atoms with Crippen LogP contribution in [-0.4, -0.2) is 16.8 Å². The van der Waals surface area contributed by atoms with E-state index in [1.165, 1.54) is 11.8 Å². The first-order valence-corrected chi connectivity index (χ1v) is 7.90. The molecule has 1 aromatic carbocycles. The van der Waals surface area contributed by atoms with Crippen LogP contribution in [0.2, 0.25) is 5.02 Å². The summed E-state index contributed by atoms with van der Waals surface area (Å²) in [5, 5.41) is 0.449. The van der Waals surface area contributed by atoms with E-state index in [-0.39, 0.29) is 23.7 Å². The van der Waals surface area contributed by atoms with Crippen LogP contribution in [0.5, 0.6) is 0 Å². The molecule has 1 aromatic heterocycles. The molecule has 3 rings (SSSR count). The van der Waals surface area contributed by atoms with Crippen molar-refractivity contribution in [2.24, 2.45) is 11.8 Å². The monoisotopic (exact) mass is 328 g/mol. The van der Waals surface area contributed by atoms with Crippen molar-refractivity contribution < 1.29 is 9.59 Å². The van der Waals surface area contributed by atoms with Crippen molar-refractivity contribution in [2.45, 2.75) is 20.3 Å². The number of benzene rings is 1. The highest BCUT2D eigenvalue weighted by atomic mass is 35.5. The topological polar surface area (TPSA) is 50.3 Å². The zero-order valence-corrected chi connectivity index (χ0v) is 13.7. The van der Waals surface area contributed by atoms with Gasteiger partial charge in [0.25, 0.3) is 0 Å². The van der Waals surface area contributed by atoms with Crippen LogP contribution in [0.3, 0.4) is 0 Å². The Hall–Kier alpha value is -2.20. The van der Waals surface area contributed by atoms with Gasteiger partial charge in [0.1, 0.15) is 5.82 Å². The van der Waals surface area contributed by atoms with Crippen molar-refractivity contribution in [3.63, 3.8) is 0 Å². The Kier molecular flexibility index (Phi) is 4.18. The summed E-state index contributed by atoms with van der Waals surface area (Å²) in [6, 6.07) is 11.2. The van der Waals surface area contributed by atoms with E-state index >= 15 is 0 Å². The van der Waals surface area contributed by atoms with Crippen molar-refractivity contribution in [3.05, 3.63) is 58.7 Å². The molecule has 5 heteroatoms. The summed E-state index contributed by atoms with van der Waals surface area (Å²) < 4.78 is 0. The number of aromatic nitrogens is 1. The number of halogens is 1. The second kappa shape index (κ2) is 6.13. The molecule has 4 nitrogen and oxygen atoms in total. The summed E-state index contributed by atoms with van der Waals surface area (Å²) in [5.41, 5.74) is 2.22. The number of hydrogen-bond acceptors (Lipinski definition) is 3. The van der Waals surface area contributed by atoms with Gasteiger partial charge in [-0.25, -0.2) is 9.88 Å². The molecular weight excluding hydrogens is 312 g/mol. The molecule has 0 spiro atoms. The number of aryl methyl sites for hydroxylation is 1. The summed E-state index contributed by atoms with van der Waals surface area (Å²) in [6.45, 7) is 3.81. The zero-order chi connectivity index (χ0) is 16.6. The second-order valence-corrected chi connectivity index (χ2v) is 6.37. The summed E-state index contributed by atoms with van der Waals surface area (Å²) in [4.78, 5) is 30.5. The number of pyridine rings is 1. The minimum Gasteiger partial charge on any atom is -0.274 e. The van der Waals surface area contributed by atoms with E-state index in [0.29, 0.717) is 17.3 Å². The third-order valence-electron chi connectivity index (χ3n) is 4.26. The Bertz CT molecular complexity index is 758. The standard InChI is InChI=1S/C18H17ClN2O2/c1-11-3-5-13(6-4-11)9-15-12(2)17(22)21(18(15)23)16-10-14(19)7-8-20-16/h3-8,10,12,15H,9H2,1-2H3/t12-,15+/m0/s1. The molecule has 23 heavy (non-hydrogen) atoms. The average molecular weight is 329 g/mol. The fourth-order valence-corrected chi connectivity index (χ4v) is 3.00. The highest BCUT2D eigenvalue weighted by Crippen LogP contribution is 2.32. The Morgan fingerprint density at radius 2 is 1.83 bits per heavy atom. The van der Waals surface area contributed by atoms with Crippen LogP contribution < -0.4 is 4.90 Å². The van der Waals surface area contributed by atoms with Gasteiger partial charge in [0.15, 0.2) is 0 Å². The number of carbonyl (C=O) groups is 2. The predicted octanol–water partition coefficient (Wildman–Crippen LogP) is 3.41. The molecule has 118 valence electrons. The first-order valence-electron chi connectivity index (χ1n) is 7.52. The molecular formula is C18H17ClN2O2. The summed E-state index contributed by atoms with van der Waals surface area (Å²) in [6.07, 6.45) is 2.04. The van der Waals surface area contributed by atoms with Crippen LogP contribution in [0.25, 0.3) is 0 Å². The van der Waals surface area contributed by atoms with E-state index in [4.69, 9.17) is 11.6 Å². The van der Waals surface area contributed by atoms with Gasteiger partial charge in [0, 0.05) is 23.2 Å². The number of imide groups is 1. The number of nitrogens with zero attached hydrogens (tertiary/aromatic N) is 2. The zero-order valence-electron chi connectivity index (χ0n) is 13.0. The van der Waals surface area contributed by atoms with Gasteiger partial charge in [-0.3, -0.25) is 9.59 Å². The maximum Gasteiger partial charge on any atom is 0.239 e. The first kappa shape index (κ1) is 15.7. The quantitative estimate of drug-likeness (QED) is 0.811. The summed E-state index contributed by atoms with van der Waals surface area (Å²) >= 11 is 5.95. The van der Waals surface area contributed by atoms with Crippen molar-refractivity contribution in [1.29, 1.82) is 0 Å². The fourth-order valence-electron chi connectivity index (χ4n) is 2.85. The molecule has 0 saturated carbocycles. The van der Waals surface area contributed by atoms with Gasteiger partial charge in [-0.15, -0.1) is 0 Å². The van der Waals surface area contributed by atoms with E-state index in [1.807, 2.05) is 31.2 Å². The SMILES string of the molecule is Cc1ccc(C[C@H]2C(=O)N(c3cc(Cl)ccn3)C(=O)[C@H]2C)cc1. The smallest absolute Gasteiger partial charge is 0.239 e. The second-order valence-electron chi connectivity index (χ2n) is 5.93. The maximum absolute atomic E-state index is 12.7. The van der Waals surface area contributed by atoms with Gasteiger partial charge in [0.2, 0.25) is 11.8 Å². The Balaban J connectivity index is 1.87. The first-order chi connectivity index (χ1) is 11.0. The molecule has 2 aromatic rings. The third-order valence-corrected chi connectivity index (χ3v) is 4.50. The van der Waals surface area contributed by atoms with Crippen molar-refractivity contribution in [1.82, 2.24) is 4.98 Å². The number of amides is 2. The number of anilines is 1. The molecule has 0 unspecified atom stereocenters. The van der Waals surface area contributed by atoms with E-state index in [1.54, 1.807) is 19.1 Å². The summed E-state index contributed by atoms with van der Waals surface area (Å²) in [5.74, 6) is -0.874. The van der Waals surface area contributed by atoms with Crippen LogP contribution >= 0.6 is 11.6 Å². The average Bonchev–Trinajstić information content (AvgIpc) is 2.73. The van der Waals surface area contributed by atoms with Gasteiger partial charge in [-0.1, -0.05) is 48.4 Å². The Labute approximate surface area is 140 Å². The van der Waals surface area contributed by atoms with Gasteiger partial charge >= 0.3 is 0 Å². The predicted molar refractivity (Wildman–Crippen MR) is 89.3 cm³/mol. The molecule has 1 fully saturated rings. The highest BCUT2D eigenvalue weighted by molar-refractivity contribution is 6.31. The number of rotatable bonds is 3. The lowest BCUT2D eigenvalue weighted by atomic mass is 9.90. The van der Waals surface area contributed by atoms with Crippen LogP contribution in [0, 0.1) is 18.8 Å². The number of hydrogen-bond donors (Lipinski definition) is 0. The van der Waals surface area contributed by atoms with E-state index in [0.717, 1.165) is 10.5 Å². The largest absolute Gasteiger partial charge is 0.274 e. The molecule has 0 bridgehead atoms. The Morgan fingerprint density at radius 3 is 2.48 bits per heavy atom. The molecule has 0 N–H and O–H groups in total. The van der Waals surface area contributed by atoms with Crippen molar-refractivity contribution >= 4 is 29.2 Å².